The molecule has 0 aliphatic carbocycles. The van der Waals surface area contributed by atoms with Crippen LogP contribution in [-0.2, 0) is 9.59 Å². The largest absolute Gasteiger partial charge is 0.353 e. The molecule has 0 aromatic rings. The summed E-state index contributed by atoms with van der Waals surface area (Å²) in [6.45, 7) is 2.67. The number of nitrogens with one attached hydrogen (secondary N) is 2. The zero-order valence-electron chi connectivity index (χ0n) is 8.86. The summed E-state index contributed by atoms with van der Waals surface area (Å²) in [6.07, 6.45) is 0. The van der Waals surface area contributed by atoms with Crippen LogP contribution in [0.25, 0.3) is 0 Å². The van der Waals surface area contributed by atoms with Gasteiger partial charge < -0.3 is 15.5 Å². The number of hydrogen-bond acceptors (Lipinski definition) is 4. The molecule has 2 heterocycles. The molecule has 0 bridgehead atoms. The van der Waals surface area contributed by atoms with Crippen LogP contribution in [0.15, 0.2) is 0 Å². The van der Waals surface area contributed by atoms with E-state index in [0.29, 0.717) is 18.8 Å². The first-order valence-electron chi connectivity index (χ1n) is 5.11. The minimum Gasteiger partial charge on any atom is -0.353 e. The summed E-state index contributed by atoms with van der Waals surface area (Å²) in [7, 11) is 0. The van der Waals surface area contributed by atoms with Crippen molar-refractivity contribution in [3.63, 3.8) is 0 Å². The van der Waals surface area contributed by atoms with E-state index in [0.717, 1.165) is 11.8 Å². The summed E-state index contributed by atoms with van der Waals surface area (Å²) in [4.78, 5) is 35.9. The number of amides is 3. The van der Waals surface area contributed by atoms with Crippen LogP contribution in [0, 0.1) is 0 Å². The van der Waals surface area contributed by atoms with Crippen molar-refractivity contribution < 1.29 is 14.4 Å². The molecule has 2 saturated heterocycles. The molecule has 2 N–H and O–H groups in total. The second-order valence-corrected chi connectivity index (χ2v) is 4.79. The van der Waals surface area contributed by atoms with Gasteiger partial charge >= 0.3 is 0 Å². The molecule has 2 unspecified atom stereocenters. The lowest BCUT2D eigenvalue weighted by atomic mass is 10.1. The summed E-state index contributed by atoms with van der Waals surface area (Å²) >= 11 is 1.10. The fraction of sp³-hybridized carbons (Fsp3) is 0.667. The van der Waals surface area contributed by atoms with Crippen molar-refractivity contribution in [3.8, 4) is 0 Å². The van der Waals surface area contributed by atoms with E-state index in [2.05, 4.69) is 10.6 Å². The first kappa shape index (κ1) is 11.3. The molecule has 16 heavy (non-hydrogen) atoms. The number of hydrogen-bond donors (Lipinski definition) is 2. The molecule has 6 nitrogen and oxygen atoms in total. The highest BCUT2D eigenvalue weighted by molar-refractivity contribution is 8.14. The zero-order chi connectivity index (χ0) is 11.7. The minimum atomic E-state index is -0.481. The van der Waals surface area contributed by atoms with Crippen molar-refractivity contribution in [2.24, 2.45) is 0 Å². The zero-order valence-corrected chi connectivity index (χ0v) is 9.67. The van der Waals surface area contributed by atoms with Crippen molar-refractivity contribution in [1.29, 1.82) is 0 Å². The van der Waals surface area contributed by atoms with E-state index < -0.39 is 12.1 Å². The van der Waals surface area contributed by atoms with Crippen molar-refractivity contribution in [3.05, 3.63) is 0 Å². The van der Waals surface area contributed by atoms with Gasteiger partial charge in [-0.15, -0.1) is 0 Å². The lowest BCUT2D eigenvalue weighted by Gasteiger charge is -2.34. The average molecular weight is 243 g/mol. The van der Waals surface area contributed by atoms with Gasteiger partial charge in [-0.2, -0.15) is 0 Å². The van der Waals surface area contributed by atoms with Crippen molar-refractivity contribution in [2.45, 2.75) is 19.0 Å². The Morgan fingerprint density at radius 1 is 1.50 bits per heavy atom. The van der Waals surface area contributed by atoms with Gasteiger partial charge in [0.1, 0.15) is 12.1 Å². The second-order valence-electron chi connectivity index (χ2n) is 3.79. The highest BCUT2D eigenvalue weighted by Gasteiger charge is 2.36. The Kier molecular flexibility index (Phi) is 3.04. The molecule has 2 aliphatic heterocycles. The molecule has 2 aliphatic rings. The molecule has 2 atom stereocenters. The maximum Gasteiger partial charge on any atom is 0.279 e. The summed E-state index contributed by atoms with van der Waals surface area (Å²) in [5.41, 5.74) is 0. The number of rotatable bonds is 1. The fourth-order valence-corrected chi connectivity index (χ4v) is 2.57. The molecular weight excluding hydrogens is 230 g/mol. The van der Waals surface area contributed by atoms with Gasteiger partial charge in [-0.05, 0) is 6.92 Å². The average Bonchev–Trinajstić information content (AvgIpc) is 2.68. The SMILES string of the molecule is CC1C(=O)NCCN1C(=O)C1CSC(=O)N1. The van der Waals surface area contributed by atoms with E-state index in [4.69, 9.17) is 0 Å². The Morgan fingerprint density at radius 3 is 2.88 bits per heavy atom. The lowest BCUT2D eigenvalue weighted by molar-refractivity contribution is -0.143. The van der Waals surface area contributed by atoms with Gasteiger partial charge in [-0.25, -0.2) is 0 Å². The Bertz CT molecular complexity index is 347. The number of piperazine rings is 1. The molecule has 88 valence electrons. The van der Waals surface area contributed by atoms with Gasteiger partial charge in [0.15, 0.2) is 0 Å². The molecule has 0 saturated carbocycles. The van der Waals surface area contributed by atoms with Gasteiger partial charge in [0.25, 0.3) is 5.24 Å². The van der Waals surface area contributed by atoms with Crippen LogP contribution in [0.4, 0.5) is 4.79 Å². The summed E-state index contributed by atoms with van der Waals surface area (Å²) in [5.74, 6) is 0.139. The number of carbonyl (C=O) groups is 3. The summed E-state index contributed by atoms with van der Waals surface area (Å²) in [5, 5.41) is 5.10. The van der Waals surface area contributed by atoms with E-state index in [1.165, 1.54) is 4.90 Å². The van der Waals surface area contributed by atoms with Crippen LogP contribution < -0.4 is 10.6 Å². The smallest absolute Gasteiger partial charge is 0.279 e. The van der Waals surface area contributed by atoms with Crippen LogP contribution in [0.1, 0.15) is 6.92 Å². The third-order valence-corrected chi connectivity index (χ3v) is 3.63. The van der Waals surface area contributed by atoms with E-state index in [1.54, 1.807) is 6.92 Å². The Morgan fingerprint density at radius 2 is 2.25 bits per heavy atom. The van der Waals surface area contributed by atoms with Crippen LogP contribution in [-0.4, -0.2) is 52.9 Å². The molecule has 3 amide bonds. The van der Waals surface area contributed by atoms with E-state index in [-0.39, 0.29) is 17.1 Å². The summed E-state index contributed by atoms with van der Waals surface area (Å²) in [6, 6.07) is -0.936. The third kappa shape index (κ3) is 1.99. The van der Waals surface area contributed by atoms with Crippen LogP contribution >= 0.6 is 11.8 Å². The van der Waals surface area contributed by atoms with E-state index in [1.807, 2.05) is 0 Å². The first-order valence-corrected chi connectivity index (χ1v) is 6.09. The second kappa shape index (κ2) is 4.32. The molecule has 0 radical (unpaired) electrons. The molecule has 0 aromatic carbocycles. The van der Waals surface area contributed by atoms with Crippen molar-refractivity contribution in [1.82, 2.24) is 15.5 Å². The Balaban J connectivity index is 2.03. The van der Waals surface area contributed by atoms with Crippen molar-refractivity contribution in [2.75, 3.05) is 18.8 Å². The van der Waals surface area contributed by atoms with E-state index >= 15 is 0 Å². The third-order valence-electron chi connectivity index (χ3n) is 2.75. The predicted molar refractivity (Wildman–Crippen MR) is 59.0 cm³/mol. The number of carbonyl (C=O) groups excluding carboxylic acids is 3. The molecule has 2 rings (SSSR count). The van der Waals surface area contributed by atoms with Crippen LogP contribution in [0.5, 0.6) is 0 Å². The number of nitrogens with zero attached hydrogens (tertiary/aromatic N) is 1. The molecular formula is C9H13N3O3S. The maximum atomic E-state index is 12.0. The Hall–Kier alpha value is -1.24. The monoisotopic (exact) mass is 243 g/mol. The van der Waals surface area contributed by atoms with Gasteiger partial charge in [0.05, 0.1) is 0 Å². The summed E-state index contributed by atoms with van der Waals surface area (Å²) < 4.78 is 0. The molecule has 0 aromatic heterocycles. The van der Waals surface area contributed by atoms with Gasteiger partial charge in [-0.3, -0.25) is 14.4 Å². The maximum absolute atomic E-state index is 12.0. The first-order chi connectivity index (χ1) is 7.59. The standard InChI is InChI=1S/C9H13N3O3S/c1-5-7(13)10-2-3-12(5)8(14)6-4-16-9(15)11-6/h5-6H,2-4H2,1H3,(H,10,13)(H,11,15). The Labute approximate surface area is 97.1 Å². The van der Waals surface area contributed by atoms with Crippen LogP contribution in [0.3, 0.4) is 0 Å². The molecule has 0 spiro atoms. The van der Waals surface area contributed by atoms with E-state index in [9.17, 15) is 14.4 Å². The normalized spacial score (nSPS) is 29.9. The lowest BCUT2D eigenvalue weighted by Crippen LogP contribution is -2.59. The topological polar surface area (TPSA) is 78.5 Å². The quantitative estimate of drug-likeness (QED) is 0.629. The predicted octanol–water partition coefficient (Wildman–Crippen LogP) is -0.842. The van der Waals surface area contributed by atoms with Crippen LogP contribution in [0.2, 0.25) is 0 Å². The van der Waals surface area contributed by atoms with Crippen molar-refractivity contribution >= 4 is 28.8 Å². The van der Waals surface area contributed by atoms with Gasteiger partial charge in [-0.1, -0.05) is 11.8 Å². The molecule has 7 heteroatoms. The number of thioether (sulfide) groups is 1. The minimum absolute atomic E-state index is 0.142. The highest BCUT2D eigenvalue weighted by Crippen LogP contribution is 2.16. The van der Waals surface area contributed by atoms with Gasteiger partial charge in [0, 0.05) is 18.8 Å². The molecule has 2 fully saturated rings. The fourth-order valence-electron chi connectivity index (χ4n) is 1.80. The van der Waals surface area contributed by atoms with Gasteiger partial charge in [0.2, 0.25) is 11.8 Å². The highest BCUT2D eigenvalue weighted by atomic mass is 32.2.